The second-order valence-corrected chi connectivity index (χ2v) is 8.39. The fourth-order valence-electron chi connectivity index (χ4n) is 4.24. The van der Waals surface area contributed by atoms with Crippen LogP contribution in [0, 0.1) is 0 Å². The molecule has 0 atom stereocenters. The highest BCUT2D eigenvalue weighted by Crippen LogP contribution is 2.22. The number of hydrogen-bond donors (Lipinski definition) is 1. The summed E-state index contributed by atoms with van der Waals surface area (Å²) in [7, 11) is 5.73. The number of rotatable bonds is 5. The van der Waals surface area contributed by atoms with Crippen molar-refractivity contribution in [1.82, 2.24) is 20.1 Å². The molecule has 2 saturated heterocycles. The Morgan fingerprint density at radius 2 is 1.73 bits per heavy atom. The van der Waals surface area contributed by atoms with Crippen LogP contribution >= 0.6 is 24.0 Å². The average molecular weight is 566 g/mol. The number of nitrogens with one attached hydrogen (secondary N) is 1. The number of benzene rings is 1. The molecule has 1 N–H and O–H groups in total. The SMILES string of the molecule is CN=C(NCc1ccc(N2CCN(C)CC2)nc1)N1CCN(c2cccc(OC)c2)CC1.I. The molecule has 8 nitrogen and oxygen atoms in total. The third-order valence-electron chi connectivity index (χ3n) is 6.30. The number of guanidine groups is 1. The minimum Gasteiger partial charge on any atom is -0.497 e. The molecule has 2 aliphatic heterocycles. The third kappa shape index (κ3) is 6.63. The second-order valence-electron chi connectivity index (χ2n) is 8.39. The predicted molar refractivity (Wildman–Crippen MR) is 146 cm³/mol. The number of pyridine rings is 1. The van der Waals surface area contributed by atoms with Crippen molar-refractivity contribution in [3.8, 4) is 5.75 Å². The van der Waals surface area contributed by atoms with E-state index in [-0.39, 0.29) is 24.0 Å². The lowest BCUT2D eigenvalue weighted by Gasteiger charge is -2.37. The number of hydrogen-bond acceptors (Lipinski definition) is 6. The number of nitrogens with zero attached hydrogens (tertiary/aromatic N) is 6. The molecule has 33 heavy (non-hydrogen) atoms. The lowest BCUT2D eigenvalue weighted by molar-refractivity contribution is 0.312. The lowest BCUT2D eigenvalue weighted by Crippen LogP contribution is -2.52. The van der Waals surface area contributed by atoms with Crippen LogP contribution in [0.25, 0.3) is 0 Å². The number of aliphatic imine (C=N–C) groups is 1. The third-order valence-corrected chi connectivity index (χ3v) is 6.30. The first kappa shape index (κ1) is 25.4. The van der Waals surface area contributed by atoms with Gasteiger partial charge in [0.1, 0.15) is 11.6 Å². The van der Waals surface area contributed by atoms with Gasteiger partial charge in [-0.2, -0.15) is 0 Å². The minimum absolute atomic E-state index is 0. The van der Waals surface area contributed by atoms with Crippen LogP contribution in [0.1, 0.15) is 5.56 Å². The van der Waals surface area contributed by atoms with Gasteiger partial charge in [-0.3, -0.25) is 4.99 Å². The molecule has 1 aromatic heterocycles. The van der Waals surface area contributed by atoms with Crippen molar-refractivity contribution in [1.29, 1.82) is 0 Å². The maximum absolute atomic E-state index is 5.37. The normalized spacial score (nSPS) is 17.5. The molecule has 180 valence electrons. The van der Waals surface area contributed by atoms with E-state index in [2.05, 4.69) is 61.2 Å². The average Bonchev–Trinajstić information content (AvgIpc) is 2.86. The zero-order valence-corrected chi connectivity index (χ0v) is 22.2. The predicted octanol–water partition coefficient (Wildman–Crippen LogP) is 2.36. The van der Waals surface area contributed by atoms with E-state index < -0.39 is 0 Å². The van der Waals surface area contributed by atoms with Crippen LogP contribution in [0.3, 0.4) is 0 Å². The van der Waals surface area contributed by atoms with Gasteiger partial charge in [0.25, 0.3) is 0 Å². The fraction of sp³-hybridized carbons (Fsp3) is 0.500. The molecule has 0 unspecified atom stereocenters. The molecule has 0 aliphatic carbocycles. The minimum atomic E-state index is 0. The van der Waals surface area contributed by atoms with E-state index in [9.17, 15) is 0 Å². The number of piperazine rings is 2. The van der Waals surface area contributed by atoms with Crippen LogP contribution in [0.5, 0.6) is 5.75 Å². The molecular weight excluding hydrogens is 529 g/mol. The highest BCUT2D eigenvalue weighted by Gasteiger charge is 2.20. The summed E-state index contributed by atoms with van der Waals surface area (Å²) in [6.07, 6.45) is 1.98. The fourth-order valence-corrected chi connectivity index (χ4v) is 4.24. The lowest BCUT2D eigenvalue weighted by atomic mass is 10.2. The van der Waals surface area contributed by atoms with Crippen molar-refractivity contribution >= 4 is 41.4 Å². The van der Waals surface area contributed by atoms with E-state index in [4.69, 9.17) is 9.72 Å². The summed E-state index contributed by atoms with van der Waals surface area (Å²) in [6.45, 7) is 8.74. The number of aromatic nitrogens is 1. The maximum Gasteiger partial charge on any atom is 0.194 e. The summed E-state index contributed by atoms with van der Waals surface area (Å²) < 4.78 is 5.37. The number of likely N-dealkylation sites (N-methyl/N-ethyl adjacent to an activating group) is 1. The van der Waals surface area contributed by atoms with Gasteiger partial charge in [0.05, 0.1) is 7.11 Å². The summed E-state index contributed by atoms with van der Waals surface area (Å²) in [5.41, 5.74) is 2.37. The zero-order valence-electron chi connectivity index (χ0n) is 19.9. The first-order chi connectivity index (χ1) is 15.7. The van der Waals surface area contributed by atoms with Gasteiger partial charge in [-0.25, -0.2) is 4.98 Å². The first-order valence-corrected chi connectivity index (χ1v) is 11.4. The van der Waals surface area contributed by atoms with E-state index >= 15 is 0 Å². The maximum atomic E-state index is 5.37. The summed E-state index contributed by atoms with van der Waals surface area (Å²) in [5.74, 6) is 2.91. The quantitative estimate of drug-likeness (QED) is 0.340. The molecule has 2 aromatic rings. The molecule has 0 amide bonds. The number of halogens is 1. The van der Waals surface area contributed by atoms with Crippen molar-refractivity contribution in [3.05, 3.63) is 48.2 Å². The topological polar surface area (TPSA) is 59.5 Å². The van der Waals surface area contributed by atoms with Crippen LogP contribution in [0.15, 0.2) is 47.6 Å². The molecular formula is C24H36IN7O. The molecule has 3 heterocycles. The van der Waals surface area contributed by atoms with Gasteiger partial charge in [0.2, 0.25) is 0 Å². The summed E-state index contributed by atoms with van der Waals surface area (Å²) in [5, 5.41) is 3.51. The standard InChI is InChI=1S/C24H35N7O.HI/c1-25-24(31-15-13-29(14-16-31)21-5-4-6-22(17-21)32-3)27-19-20-7-8-23(26-18-20)30-11-9-28(2)10-12-30;/h4-8,17-18H,9-16,19H2,1-3H3,(H,25,27);1H. The van der Waals surface area contributed by atoms with Crippen LogP contribution < -0.4 is 19.9 Å². The molecule has 4 rings (SSSR count). The molecule has 2 fully saturated rings. The van der Waals surface area contributed by atoms with Gasteiger partial charge in [0.15, 0.2) is 5.96 Å². The van der Waals surface area contributed by atoms with Crippen molar-refractivity contribution in [2.24, 2.45) is 4.99 Å². The van der Waals surface area contributed by atoms with Crippen LogP contribution in [-0.2, 0) is 6.54 Å². The van der Waals surface area contributed by atoms with Crippen molar-refractivity contribution in [2.45, 2.75) is 6.54 Å². The van der Waals surface area contributed by atoms with Gasteiger partial charge >= 0.3 is 0 Å². The monoisotopic (exact) mass is 565 g/mol. The molecule has 0 bridgehead atoms. The Morgan fingerprint density at radius 3 is 2.36 bits per heavy atom. The van der Waals surface area contributed by atoms with Gasteiger partial charge in [0, 0.05) is 83.9 Å². The van der Waals surface area contributed by atoms with E-state index in [1.165, 1.54) is 11.3 Å². The zero-order chi connectivity index (χ0) is 22.3. The van der Waals surface area contributed by atoms with Gasteiger partial charge in [-0.05, 0) is 30.8 Å². The summed E-state index contributed by atoms with van der Waals surface area (Å²) in [6, 6.07) is 12.6. The van der Waals surface area contributed by atoms with Gasteiger partial charge < -0.3 is 29.7 Å². The Labute approximate surface area is 214 Å². The highest BCUT2D eigenvalue weighted by atomic mass is 127. The van der Waals surface area contributed by atoms with Crippen molar-refractivity contribution in [3.63, 3.8) is 0 Å². The first-order valence-electron chi connectivity index (χ1n) is 11.4. The molecule has 0 spiro atoms. The van der Waals surface area contributed by atoms with E-state index in [0.717, 1.165) is 76.4 Å². The highest BCUT2D eigenvalue weighted by molar-refractivity contribution is 14.0. The van der Waals surface area contributed by atoms with Gasteiger partial charge in [-0.15, -0.1) is 24.0 Å². The molecule has 9 heteroatoms. The summed E-state index contributed by atoms with van der Waals surface area (Å²) >= 11 is 0. The Kier molecular flexibility index (Phi) is 9.42. The second kappa shape index (κ2) is 12.3. The smallest absolute Gasteiger partial charge is 0.194 e. The van der Waals surface area contributed by atoms with E-state index in [0.29, 0.717) is 0 Å². The Bertz CT molecular complexity index is 892. The molecule has 2 aliphatic rings. The molecule has 0 radical (unpaired) electrons. The van der Waals surface area contributed by atoms with Gasteiger partial charge in [-0.1, -0.05) is 12.1 Å². The van der Waals surface area contributed by atoms with Crippen molar-refractivity contribution in [2.75, 3.05) is 83.4 Å². The number of ether oxygens (including phenoxy) is 1. The van der Waals surface area contributed by atoms with E-state index in [1.807, 2.05) is 25.4 Å². The summed E-state index contributed by atoms with van der Waals surface area (Å²) in [4.78, 5) is 18.6. The van der Waals surface area contributed by atoms with E-state index in [1.54, 1.807) is 7.11 Å². The Morgan fingerprint density at radius 1 is 1.00 bits per heavy atom. The Balaban J connectivity index is 0.00000306. The number of methoxy groups -OCH3 is 1. The Hall–Kier alpha value is -2.27. The molecule has 0 saturated carbocycles. The van der Waals surface area contributed by atoms with Crippen LogP contribution in [0.2, 0.25) is 0 Å². The van der Waals surface area contributed by atoms with Crippen LogP contribution in [-0.4, -0.2) is 94.3 Å². The van der Waals surface area contributed by atoms with Crippen molar-refractivity contribution < 1.29 is 4.74 Å². The number of anilines is 2. The van der Waals surface area contributed by atoms with Crippen LogP contribution in [0.4, 0.5) is 11.5 Å². The molecule has 1 aromatic carbocycles. The largest absolute Gasteiger partial charge is 0.497 e.